The summed E-state index contributed by atoms with van der Waals surface area (Å²) in [5.74, 6) is -0.876. The Morgan fingerprint density at radius 3 is 2.93 bits per heavy atom. The molecule has 1 atom stereocenters. The molecule has 1 aromatic rings. The number of nitrogens with one attached hydrogen (secondary N) is 1. The minimum absolute atomic E-state index is 0.155. The summed E-state index contributed by atoms with van der Waals surface area (Å²) in [6.45, 7) is 1.27. The maximum Gasteiger partial charge on any atom is 0.158 e. The number of rotatable bonds is 5. The van der Waals surface area contributed by atoms with Crippen molar-refractivity contribution in [3.8, 4) is 6.07 Å². The van der Waals surface area contributed by atoms with E-state index in [1.807, 2.05) is 7.05 Å². The molecule has 1 N–H and O–H groups in total. The standard InChI is InChI=1S/C10H12N2O3/c1-12(6-2-5-11)7-8-3-4-9(15-8)10(13)14/h3-4H,2,6-7H2,1H3,(H,13,14). The molecule has 0 aliphatic heterocycles. The second kappa shape index (κ2) is 5.17. The van der Waals surface area contributed by atoms with Crippen LogP contribution in [0.4, 0.5) is 0 Å². The summed E-state index contributed by atoms with van der Waals surface area (Å²) in [6.07, 6.45) is 0.472. The molecule has 1 rings (SSSR count). The van der Waals surface area contributed by atoms with E-state index in [0.29, 0.717) is 25.3 Å². The second-order valence-corrected chi connectivity index (χ2v) is 3.35. The lowest BCUT2D eigenvalue weighted by Crippen LogP contribution is -3.07. The van der Waals surface area contributed by atoms with Crippen LogP contribution in [-0.4, -0.2) is 19.6 Å². The van der Waals surface area contributed by atoms with Gasteiger partial charge in [0, 0.05) is 0 Å². The first kappa shape index (κ1) is 11.3. The predicted octanol–water partition coefficient (Wildman–Crippen LogP) is -1.43. The summed E-state index contributed by atoms with van der Waals surface area (Å²) >= 11 is 0. The average Bonchev–Trinajstić information content (AvgIpc) is 2.63. The molecule has 0 spiro atoms. The molecule has 0 aliphatic rings. The monoisotopic (exact) mass is 208 g/mol. The van der Waals surface area contributed by atoms with Crippen molar-refractivity contribution in [3.05, 3.63) is 23.7 Å². The summed E-state index contributed by atoms with van der Waals surface area (Å²) in [7, 11) is 1.92. The first-order valence-electron chi connectivity index (χ1n) is 4.62. The van der Waals surface area contributed by atoms with E-state index < -0.39 is 5.97 Å². The molecular formula is C10H12N2O3. The van der Waals surface area contributed by atoms with Crippen LogP contribution in [0.1, 0.15) is 22.7 Å². The van der Waals surface area contributed by atoms with Gasteiger partial charge < -0.3 is 19.2 Å². The maximum absolute atomic E-state index is 10.4. The highest BCUT2D eigenvalue weighted by Gasteiger charge is 2.08. The number of carboxylic acids is 1. The number of aromatic carboxylic acids is 1. The van der Waals surface area contributed by atoms with E-state index in [4.69, 9.17) is 9.68 Å². The van der Waals surface area contributed by atoms with Gasteiger partial charge >= 0.3 is 0 Å². The van der Waals surface area contributed by atoms with Crippen LogP contribution in [0.2, 0.25) is 0 Å². The molecule has 0 fully saturated rings. The van der Waals surface area contributed by atoms with Gasteiger partial charge in [0.25, 0.3) is 0 Å². The molecule has 1 heterocycles. The van der Waals surface area contributed by atoms with Crippen molar-refractivity contribution in [3.63, 3.8) is 0 Å². The number of hydrogen-bond acceptors (Lipinski definition) is 4. The van der Waals surface area contributed by atoms with Crippen LogP contribution < -0.4 is 10.0 Å². The van der Waals surface area contributed by atoms with E-state index in [-0.39, 0.29) is 5.76 Å². The highest BCUT2D eigenvalue weighted by Crippen LogP contribution is 2.05. The molecule has 1 aromatic heterocycles. The third kappa shape index (κ3) is 3.44. The van der Waals surface area contributed by atoms with Crippen molar-refractivity contribution in [2.45, 2.75) is 13.0 Å². The maximum atomic E-state index is 10.4. The summed E-state index contributed by atoms with van der Waals surface area (Å²) in [4.78, 5) is 11.5. The van der Waals surface area contributed by atoms with Gasteiger partial charge in [0.05, 0.1) is 26.1 Å². The molecule has 80 valence electrons. The van der Waals surface area contributed by atoms with Crippen LogP contribution in [0.5, 0.6) is 0 Å². The molecular weight excluding hydrogens is 196 g/mol. The molecule has 0 saturated carbocycles. The number of carbonyl (C=O) groups is 1. The Morgan fingerprint density at radius 2 is 2.40 bits per heavy atom. The number of nitrogens with zero attached hydrogens (tertiary/aromatic N) is 1. The molecule has 0 bridgehead atoms. The van der Waals surface area contributed by atoms with Crippen LogP contribution in [0.15, 0.2) is 16.5 Å². The van der Waals surface area contributed by atoms with E-state index in [0.717, 1.165) is 4.90 Å². The zero-order chi connectivity index (χ0) is 11.3. The summed E-state index contributed by atoms with van der Waals surface area (Å²) in [5.41, 5.74) is 0. The number of quaternary nitrogens is 1. The Bertz CT molecular complexity index is 378. The van der Waals surface area contributed by atoms with Crippen LogP contribution in [0, 0.1) is 11.3 Å². The van der Waals surface area contributed by atoms with E-state index in [9.17, 15) is 9.90 Å². The number of nitriles is 1. The van der Waals surface area contributed by atoms with Crippen molar-refractivity contribution in [2.75, 3.05) is 13.6 Å². The van der Waals surface area contributed by atoms with Crippen molar-refractivity contribution in [1.29, 1.82) is 5.26 Å². The fraction of sp³-hybridized carbons (Fsp3) is 0.400. The Hall–Kier alpha value is -1.80. The van der Waals surface area contributed by atoms with Crippen LogP contribution in [0.3, 0.4) is 0 Å². The Morgan fingerprint density at radius 1 is 1.67 bits per heavy atom. The van der Waals surface area contributed by atoms with Crippen LogP contribution in [0.25, 0.3) is 0 Å². The highest BCUT2D eigenvalue weighted by atomic mass is 16.4. The highest BCUT2D eigenvalue weighted by molar-refractivity contribution is 5.82. The van der Waals surface area contributed by atoms with E-state index >= 15 is 0 Å². The van der Waals surface area contributed by atoms with E-state index in [2.05, 4.69) is 6.07 Å². The van der Waals surface area contributed by atoms with Gasteiger partial charge in [0.1, 0.15) is 18.3 Å². The molecule has 0 amide bonds. The minimum atomic E-state index is -1.31. The molecule has 0 saturated heterocycles. The molecule has 0 radical (unpaired) electrons. The van der Waals surface area contributed by atoms with Gasteiger partial charge in [-0.15, -0.1) is 0 Å². The molecule has 15 heavy (non-hydrogen) atoms. The molecule has 0 aliphatic carbocycles. The van der Waals surface area contributed by atoms with Crippen molar-refractivity contribution < 1.29 is 19.2 Å². The van der Waals surface area contributed by atoms with Gasteiger partial charge in [-0.1, -0.05) is 0 Å². The molecule has 0 aromatic carbocycles. The van der Waals surface area contributed by atoms with Crippen LogP contribution in [-0.2, 0) is 6.54 Å². The fourth-order valence-electron chi connectivity index (χ4n) is 1.24. The zero-order valence-corrected chi connectivity index (χ0v) is 8.45. The largest absolute Gasteiger partial charge is 0.542 e. The third-order valence-corrected chi connectivity index (χ3v) is 2.00. The summed E-state index contributed by atoms with van der Waals surface area (Å²) < 4.78 is 5.03. The Labute approximate surface area is 87.5 Å². The fourth-order valence-corrected chi connectivity index (χ4v) is 1.24. The van der Waals surface area contributed by atoms with Gasteiger partial charge in [-0.2, -0.15) is 5.26 Å². The lowest BCUT2D eigenvalue weighted by atomic mass is 10.3. The SMILES string of the molecule is C[NH+](CCC#N)Cc1ccc(C(=O)[O-])o1. The number of carbonyl (C=O) groups excluding carboxylic acids is 1. The van der Waals surface area contributed by atoms with Crippen molar-refractivity contribution >= 4 is 5.97 Å². The Balaban J connectivity index is 2.50. The molecule has 5 nitrogen and oxygen atoms in total. The van der Waals surface area contributed by atoms with Crippen molar-refractivity contribution in [1.82, 2.24) is 0 Å². The van der Waals surface area contributed by atoms with Gasteiger partial charge in [-0.3, -0.25) is 0 Å². The van der Waals surface area contributed by atoms with Gasteiger partial charge in [-0.05, 0) is 12.1 Å². The van der Waals surface area contributed by atoms with Crippen molar-refractivity contribution in [2.24, 2.45) is 0 Å². The van der Waals surface area contributed by atoms with Gasteiger partial charge in [-0.25, -0.2) is 0 Å². The lowest BCUT2D eigenvalue weighted by Gasteiger charge is -2.09. The van der Waals surface area contributed by atoms with E-state index in [1.54, 1.807) is 6.07 Å². The third-order valence-electron chi connectivity index (χ3n) is 2.00. The van der Waals surface area contributed by atoms with Gasteiger partial charge in [0.15, 0.2) is 5.76 Å². The average molecular weight is 208 g/mol. The second-order valence-electron chi connectivity index (χ2n) is 3.35. The quantitative estimate of drug-likeness (QED) is 0.643. The van der Waals surface area contributed by atoms with Crippen LogP contribution >= 0.6 is 0 Å². The number of hydrogen-bond donors (Lipinski definition) is 1. The summed E-state index contributed by atoms with van der Waals surface area (Å²) in [6, 6.07) is 5.04. The number of carboxylic acid groups (broad SMARTS) is 1. The molecule has 1 unspecified atom stereocenters. The minimum Gasteiger partial charge on any atom is -0.542 e. The topological polar surface area (TPSA) is 81.5 Å². The first-order chi connectivity index (χ1) is 7.13. The normalized spacial score (nSPS) is 12.0. The summed E-state index contributed by atoms with van der Waals surface area (Å²) in [5, 5.41) is 18.8. The smallest absolute Gasteiger partial charge is 0.158 e. The molecule has 5 heteroatoms. The predicted molar refractivity (Wildman–Crippen MR) is 48.7 cm³/mol. The van der Waals surface area contributed by atoms with Gasteiger partial charge in [0.2, 0.25) is 0 Å². The lowest BCUT2D eigenvalue weighted by molar-refractivity contribution is -0.894. The number of furan rings is 1. The van der Waals surface area contributed by atoms with E-state index in [1.165, 1.54) is 6.07 Å². The Kier molecular flexibility index (Phi) is 3.89. The first-order valence-corrected chi connectivity index (χ1v) is 4.62. The zero-order valence-electron chi connectivity index (χ0n) is 8.45.